The molecule has 3 unspecified atom stereocenters. The van der Waals surface area contributed by atoms with Crippen LogP contribution in [0.4, 0.5) is 13.2 Å². The van der Waals surface area contributed by atoms with Crippen LogP contribution in [0.25, 0.3) is 10.8 Å². The summed E-state index contributed by atoms with van der Waals surface area (Å²) in [6.07, 6.45) is -2.97. The summed E-state index contributed by atoms with van der Waals surface area (Å²) in [5, 5.41) is 24.0. The second-order valence-electron chi connectivity index (χ2n) is 12.5. The number of benzene rings is 1. The summed E-state index contributed by atoms with van der Waals surface area (Å²) < 4.78 is 40.0. The van der Waals surface area contributed by atoms with Crippen molar-refractivity contribution in [2.75, 3.05) is 6.54 Å². The summed E-state index contributed by atoms with van der Waals surface area (Å²) in [5.74, 6) is -3.60. The Bertz CT molecular complexity index is 1490. The lowest BCUT2D eigenvalue weighted by Crippen LogP contribution is -2.62. The molecule has 13 heteroatoms. The van der Waals surface area contributed by atoms with Gasteiger partial charge < -0.3 is 15.5 Å². The highest BCUT2D eigenvalue weighted by Crippen LogP contribution is 3.00. The summed E-state index contributed by atoms with van der Waals surface area (Å²) in [6.45, 7) is 8.80. The van der Waals surface area contributed by atoms with Gasteiger partial charge in [-0.3, -0.25) is 14.4 Å². The van der Waals surface area contributed by atoms with E-state index < -0.39 is 52.9 Å². The van der Waals surface area contributed by atoms with Gasteiger partial charge in [0.1, 0.15) is 17.8 Å². The van der Waals surface area contributed by atoms with E-state index in [-0.39, 0.29) is 23.1 Å². The lowest BCUT2D eigenvalue weighted by Gasteiger charge is -2.42. The number of halogens is 4. The third-order valence-corrected chi connectivity index (χ3v) is 9.97. The molecule has 0 bridgehead atoms. The molecule has 40 heavy (non-hydrogen) atoms. The number of nitrogens with one attached hydrogen (secondary N) is 2. The maximum absolute atomic E-state index is 13.9. The number of piperidine rings is 2. The molecule has 1 aromatic carbocycles. The molecule has 2 aliphatic carbocycles. The number of carbonyl (C=O) groups is 3. The Labute approximate surface area is 237 Å². The molecule has 0 spiro atoms. The lowest BCUT2D eigenvalue weighted by molar-refractivity contribution is -0.176. The molecule has 1 saturated heterocycles. The van der Waals surface area contributed by atoms with Crippen molar-refractivity contribution in [3.05, 3.63) is 34.6 Å². The number of alkyl halides is 3. The zero-order chi connectivity index (χ0) is 29.6. The largest absolute Gasteiger partial charge is 0.471 e. The number of nitriles is 1. The van der Waals surface area contributed by atoms with Crippen LogP contribution in [-0.4, -0.2) is 57.6 Å². The molecule has 3 fully saturated rings. The molecular weight excluding hydrogens is 593 g/mol. The first kappa shape index (κ1) is 28.3. The smallest absolute Gasteiger partial charge is 0.336 e. The highest BCUT2D eigenvalue weighted by molar-refractivity contribution is 9.10. The monoisotopic (exact) mass is 620 g/mol. The van der Waals surface area contributed by atoms with Crippen LogP contribution in [0, 0.1) is 33.0 Å². The Hall–Kier alpha value is -3.27. The van der Waals surface area contributed by atoms with E-state index in [0.29, 0.717) is 21.7 Å². The average Bonchev–Trinajstić information content (AvgIpc) is 3.58. The van der Waals surface area contributed by atoms with Crippen LogP contribution < -0.4 is 10.6 Å². The Morgan fingerprint density at radius 2 is 1.88 bits per heavy atom. The number of fused-ring (bicyclic) bond motifs is 1. The van der Waals surface area contributed by atoms with Crippen molar-refractivity contribution in [2.24, 2.45) is 21.7 Å². The van der Waals surface area contributed by atoms with E-state index in [0.717, 1.165) is 0 Å². The van der Waals surface area contributed by atoms with Crippen molar-refractivity contribution in [2.45, 2.75) is 65.3 Å². The number of hydrogen-bond donors (Lipinski definition) is 2. The summed E-state index contributed by atoms with van der Waals surface area (Å²) in [4.78, 5) is 40.9. The van der Waals surface area contributed by atoms with Gasteiger partial charge in [-0.15, -0.1) is 0 Å². The number of nitrogens with zero attached hydrogens (tertiary/aromatic N) is 4. The Balaban J connectivity index is 1.48. The molecule has 9 nitrogen and oxygen atoms in total. The zero-order valence-corrected chi connectivity index (χ0v) is 24.1. The molecule has 3 amide bonds. The van der Waals surface area contributed by atoms with Crippen molar-refractivity contribution in [1.82, 2.24) is 25.7 Å². The molecule has 2 aromatic rings. The van der Waals surface area contributed by atoms with E-state index in [2.05, 4.69) is 37.5 Å². The molecule has 1 aromatic heterocycles. The fourth-order valence-electron chi connectivity index (χ4n) is 7.01. The number of likely N-dealkylation sites (tertiary alicyclic amines) is 1. The minimum Gasteiger partial charge on any atom is -0.336 e. The summed E-state index contributed by atoms with van der Waals surface area (Å²) >= 11 is 3.46. The fraction of sp³-hybridized carbons (Fsp3) is 0.556. The van der Waals surface area contributed by atoms with E-state index in [9.17, 15) is 32.8 Å². The maximum Gasteiger partial charge on any atom is 0.471 e. The second kappa shape index (κ2) is 8.61. The number of rotatable bonds is 5. The van der Waals surface area contributed by atoms with Gasteiger partial charge in [-0.2, -0.15) is 28.6 Å². The highest BCUT2D eigenvalue weighted by atomic mass is 79.9. The Morgan fingerprint density at radius 3 is 2.45 bits per heavy atom. The van der Waals surface area contributed by atoms with Crippen LogP contribution in [0.1, 0.15) is 52.8 Å². The van der Waals surface area contributed by atoms with Crippen molar-refractivity contribution >= 4 is 44.4 Å². The van der Waals surface area contributed by atoms with Gasteiger partial charge in [0.2, 0.25) is 11.8 Å². The van der Waals surface area contributed by atoms with Crippen LogP contribution >= 0.6 is 15.9 Å². The van der Waals surface area contributed by atoms with Gasteiger partial charge in [0.05, 0.1) is 12.3 Å². The molecule has 2 saturated carbocycles. The van der Waals surface area contributed by atoms with Crippen molar-refractivity contribution in [1.29, 1.82) is 5.26 Å². The SMILES string of the molecule is CC(C)(C)[C@H](NC(=O)C(F)(F)F)C(=O)N1CC23CC2([C@H]1C(=O)NC(C#N)c1nncc2cccc(Br)c12)C3(C)C. The van der Waals surface area contributed by atoms with Gasteiger partial charge in [0.25, 0.3) is 0 Å². The average molecular weight is 621 g/mol. The maximum atomic E-state index is 13.9. The van der Waals surface area contributed by atoms with E-state index in [1.165, 1.54) is 11.1 Å². The molecule has 5 rings (SSSR count). The van der Waals surface area contributed by atoms with Crippen LogP contribution in [0.2, 0.25) is 0 Å². The summed E-state index contributed by atoms with van der Waals surface area (Å²) in [6, 6.07) is 3.63. The minimum atomic E-state index is -5.18. The van der Waals surface area contributed by atoms with Gasteiger partial charge in [-0.05, 0) is 23.3 Å². The summed E-state index contributed by atoms with van der Waals surface area (Å²) in [5.41, 5.74) is -2.06. The summed E-state index contributed by atoms with van der Waals surface area (Å²) in [7, 11) is 0. The van der Waals surface area contributed by atoms with Gasteiger partial charge in [0.15, 0.2) is 6.04 Å². The predicted molar refractivity (Wildman–Crippen MR) is 140 cm³/mol. The van der Waals surface area contributed by atoms with E-state index >= 15 is 0 Å². The predicted octanol–water partition coefficient (Wildman–Crippen LogP) is 3.79. The molecular formula is C27H28BrF3N6O3. The zero-order valence-electron chi connectivity index (χ0n) is 22.5. The molecule has 3 aliphatic rings. The highest BCUT2D eigenvalue weighted by Gasteiger charge is 3.02. The minimum absolute atomic E-state index is 0.169. The van der Waals surface area contributed by atoms with Crippen LogP contribution in [-0.2, 0) is 14.4 Å². The van der Waals surface area contributed by atoms with Gasteiger partial charge in [0, 0.05) is 32.6 Å². The molecule has 2 heterocycles. The van der Waals surface area contributed by atoms with E-state index in [1.807, 2.05) is 19.2 Å². The normalized spacial score (nSPS) is 27.6. The number of hydrogen-bond acceptors (Lipinski definition) is 6. The van der Waals surface area contributed by atoms with Crippen LogP contribution in [0.5, 0.6) is 0 Å². The number of aromatic nitrogens is 2. The van der Waals surface area contributed by atoms with Crippen LogP contribution in [0.3, 0.4) is 0 Å². The van der Waals surface area contributed by atoms with Gasteiger partial charge >= 0.3 is 12.1 Å². The molecule has 5 atom stereocenters. The molecule has 212 valence electrons. The first-order chi connectivity index (χ1) is 18.4. The van der Waals surface area contributed by atoms with Gasteiger partial charge in [-0.1, -0.05) is 62.7 Å². The first-order valence-electron chi connectivity index (χ1n) is 12.7. The third kappa shape index (κ3) is 3.74. The molecule has 2 N–H and O–H groups in total. The number of amides is 3. The van der Waals surface area contributed by atoms with Crippen molar-refractivity contribution in [3.8, 4) is 6.07 Å². The Morgan fingerprint density at radius 1 is 1.20 bits per heavy atom. The fourth-order valence-corrected chi connectivity index (χ4v) is 7.59. The topological polar surface area (TPSA) is 128 Å². The quantitative estimate of drug-likeness (QED) is 0.523. The lowest BCUT2D eigenvalue weighted by atomic mass is 9.79. The van der Waals surface area contributed by atoms with Crippen molar-refractivity contribution < 1.29 is 27.6 Å². The standard InChI is InChI=1S/C27H28BrF3N6O3/c1-23(2,3)18(35-22(40)27(29,30)31)21(39)37-12-25-11-26(25,24(25,4)5)19(37)20(38)34-15(9-32)17-16-13(10-33-36-17)7-6-8-14(16)28/h6-8,10,15,18-19H,11-12H2,1-5H3,(H,34,38)(H,35,40)/t15?,18-,19-,25?,26?/m1/s1. The van der Waals surface area contributed by atoms with E-state index in [4.69, 9.17) is 0 Å². The third-order valence-electron chi connectivity index (χ3n) is 9.31. The second-order valence-corrected chi connectivity index (χ2v) is 13.4. The van der Waals surface area contributed by atoms with Gasteiger partial charge in [-0.25, -0.2) is 0 Å². The van der Waals surface area contributed by atoms with Crippen molar-refractivity contribution in [3.63, 3.8) is 0 Å². The first-order valence-corrected chi connectivity index (χ1v) is 13.5. The van der Waals surface area contributed by atoms with Crippen LogP contribution in [0.15, 0.2) is 28.9 Å². The number of carbonyl (C=O) groups excluding carboxylic acids is 3. The molecule has 1 aliphatic heterocycles. The van der Waals surface area contributed by atoms with E-state index in [1.54, 1.807) is 39.0 Å². The molecule has 0 radical (unpaired) electrons. The Kier molecular flexibility index (Phi) is 6.09.